The summed E-state index contributed by atoms with van der Waals surface area (Å²) in [6, 6.07) is 4.73. The Morgan fingerprint density at radius 1 is 1.29 bits per heavy atom. The number of aromatic nitrogens is 4. The number of hydrogen-bond acceptors (Lipinski definition) is 6. The summed E-state index contributed by atoms with van der Waals surface area (Å²) < 4.78 is 61.8. The van der Waals surface area contributed by atoms with Crippen molar-refractivity contribution in [2.75, 3.05) is 18.5 Å². The Labute approximate surface area is 156 Å². The molecule has 0 amide bonds. The van der Waals surface area contributed by atoms with Crippen molar-refractivity contribution in [1.82, 2.24) is 19.6 Å². The minimum absolute atomic E-state index is 0.000766. The van der Waals surface area contributed by atoms with E-state index in [1.165, 1.54) is 16.9 Å². The van der Waals surface area contributed by atoms with Crippen molar-refractivity contribution >= 4 is 11.6 Å². The predicted molar refractivity (Wildman–Crippen MR) is 89.3 cm³/mol. The number of hydrogen-bond donors (Lipinski definition) is 1. The molecule has 0 spiro atoms. The third-order valence-corrected chi connectivity index (χ3v) is 4.36. The number of nitrogens with zero attached hydrogens (tertiary/aromatic N) is 4. The van der Waals surface area contributed by atoms with Gasteiger partial charge in [0.25, 0.3) is 5.78 Å². The van der Waals surface area contributed by atoms with Gasteiger partial charge in [0.2, 0.25) is 0 Å². The minimum Gasteiger partial charge on any atom is -0.403 e. The van der Waals surface area contributed by atoms with E-state index in [2.05, 4.69) is 25.1 Å². The topological polar surface area (TPSA) is 73.6 Å². The second-order valence-electron chi connectivity index (χ2n) is 6.41. The Kier molecular flexibility index (Phi) is 4.53. The van der Waals surface area contributed by atoms with Crippen molar-refractivity contribution < 1.29 is 27.0 Å². The second kappa shape index (κ2) is 6.89. The zero-order valence-corrected chi connectivity index (χ0v) is 14.6. The van der Waals surface area contributed by atoms with Gasteiger partial charge in [0, 0.05) is 17.7 Å². The van der Waals surface area contributed by atoms with Crippen LogP contribution in [0.4, 0.5) is 23.4 Å². The molecule has 7 nitrogen and oxygen atoms in total. The third-order valence-electron chi connectivity index (χ3n) is 4.36. The quantitative estimate of drug-likeness (QED) is 0.667. The van der Waals surface area contributed by atoms with E-state index in [9.17, 15) is 17.6 Å². The maximum Gasteiger partial charge on any atom is 0.573 e. The van der Waals surface area contributed by atoms with Gasteiger partial charge < -0.3 is 14.8 Å². The van der Waals surface area contributed by atoms with Crippen molar-refractivity contribution in [3.8, 4) is 5.75 Å². The van der Waals surface area contributed by atoms with Crippen LogP contribution in [0.1, 0.15) is 17.3 Å². The van der Waals surface area contributed by atoms with Gasteiger partial charge >= 0.3 is 6.36 Å². The van der Waals surface area contributed by atoms with Crippen molar-refractivity contribution in [1.29, 1.82) is 0 Å². The summed E-state index contributed by atoms with van der Waals surface area (Å²) in [6.45, 7) is 2.67. The van der Waals surface area contributed by atoms with Crippen LogP contribution in [0.5, 0.6) is 5.75 Å². The molecule has 2 aromatic heterocycles. The summed E-state index contributed by atoms with van der Waals surface area (Å²) in [5, 5.41) is 7.38. The van der Waals surface area contributed by atoms with Crippen molar-refractivity contribution in [2.24, 2.45) is 5.92 Å². The van der Waals surface area contributed by atoms with Gasteiger partial charge in [0.05, 0.1) is 19.3 Å². The summed E-state index contributed by atoms with van der Waals surface area (Å²) in [6.07, 6.45) is -3.60. The normalized spacial score (nSPS) is 16.0. The van der Waals surface area contributed by atoms with Crippen molar-refractivity contribution in [3.05, 3.63) is 47.7 Å². The number of fused-ring (bicyclic) bond motifs is 1. The van der Waals surface area contributed by atoms with Crippen LogP contribution in [0, 0.1) is 18.7 Å². The van der Waals surface area contributed by atoms with Crippen LogP contribution in [0.25, 0.3) is 5.78 Å². The molecule has 3 aromatic rings. The van der Waals surface area contributed by atoms with Crippen LogP contribution in [-0.4, -0.2) is 39.2 Å². The average molecular weight is 397 g/mol. The minimum atomic E-state index is -4.96. The average Bonchev–Trinajstić information content (AvgIpc) is 3.01. The fraction of sp³-hybridized carbons (Fsp3) is 0.353. The molecule has 1 fully saturated rings. The summed E-state index contributed by atoms with van der Waals surface area (Å²) in [4.78, 5) is 8.31. The first-order valence-electron chi connectivity index (χ1n) is 8.37. The van der Waals surface area contributed by atoms with Crippen LogP contribution in [0.2, 0.25) is 0 Å². The van der Waals surface area contributed by atoms with Gasteiger partial charge in [-0.15, -0.1) is 13.2 Å². The number of nitrogens with one attached hydrogen (secondary N) is 1. The van der Waals surface area contributed by atoms with Gasteiger partial charge in [0.1, 0.15) is 12.1 Å². The fourth-order valence-electron chi connectivity index (χ4n) is 3.03. The molecule has 148 valence electrons. The third kappa shape index (κ3) is 3.70. The molecular weight excluding hydrogens is 382 g/mol. The molecule has 0 radical (unpaired) electrons. The molecule has 1 aliphatic heterocycles. The van der Waals surface area contributed by atoms with Crippen LogP contribution in [-0.2, 0) is 4.74 Å². The smallest absolute Gasteiger partial charge is 0.403 e. The Bertz CT molecular complexity index is 1000. The summed E-state index contributed by atoms with van der Waals surface area (Å²) in [5.74, 6) is -1.00. The molecule has 1 saturated heterocycles. The summed E-state index contributed by atoms with van der Waals surface area (Å²) in [7, 11) is 0. The lowest BCUT2D eigenvalue weighted by Gasteiger charge is -2.35. The maximum absolute atomic E-state index is 14.2. The van der Waals surface area contributed by atoms with Gasteiger partial charge in [0.15, 0.2) is 11.6 Å². The van der Waals surface area contributed by atoms with E-state index in [1.54, 1.807) is 13.0 Å². The van der Waals surface area contributed by atoms with E-state index in [0.29, 0.717) is 36.1 Å². The fourth-order valence-corrected chi connectivity index (χ4v) is 3.03. The summed E-state index contributed by atoms with van der Waals surface area (Å²) in [5.41, 5.74) is 1.16. The standard InChI is InChI=1S/C17H15F4N5O2/c1-9-4-14(26-16(24-9)22-8-23-26)25-15(11-6-27-7-11)10-2-3-13(12(18)5-10)28-17(19,20)21/h2-5,8,11,15,25H,6-7H2,1H3/t15-/m0/s1. The van der Waals surface area contributed by atoms with Gasteiger partial charge in [-0.2, -0.15) is 14.6 Å². The number of halogens is 4. The molecule has 1 aromatic carbocycles. The molecule has 0 unspecified atom stereocenters. The molecule has 28 heavy (non-hydrogen) atoms. The number of ether oxygens (including phenoxy) is 2. The van der Waals surface area contributed by atoms with E-state index >= 15 is 0 Å². The molecule has 0 bridgehead atoms. The second-order valence-corrected chi connectivity index (χ2v) is 6.41. The van der Waals surface area contributed by atoms with Gasteiger partial charge in [-0.3, -0.25) is 0 Å². The molecule has 1 atom stereocenters. The van der Waals surface area contributed by atoms with Crippen molar-refractivity contribution in [3.63, 3.8) is 0 Å². The Morgan fingerprint density at radius 3 is 2.71 bits per heavy atom. The molecule has 1 N–H and O–H groups in total. The molecule has 0 aliphatic carbocycles. The van der Waals surface area contributed by atoms with Crippen LogP contribution >= 0.6 is 0 Å². The predicted octanol–water partition coefficient (Wildman–Crippen LogP) is 3.27. The molecular formula is C17H15F4N5O2. The Balaban J connectivity index is 1.67. The van der Waals surface area contributed by atoms with E-state index in [4.69, 9.17) is 4.74 Å². The van der Waals surface area contributed by atoms with Crippen LogP contribution in [0.3, 0.4) is 0 Å². The largest absolute Gasteiger partial charge is 0.573 e. The molecule has 0 saturated carbocycles. The molecule has 1 aliphatic rings. The first kappa shape index (κ1) is 18.4. The lowest BCUT2D eigenvalue weighted by atomic mass is 9.91. The maximum atomic E-state index is 14.2. The molecule has 3 heterocycles. The van der Waals surface area contributed by atoms with Crippen LogP contribution < -0.4 is 10.1 Å². The first-order valence-corrected chi connectivity index (χ1v) is 8.37. The summed E-state index contributed by atoms with van der Waals surface area (Å²) >= 11 is 0. The highest BCUT2D eigenvalue weighted by molar-refractivity contribution is 5.47. The highest BCUT2D eigenvalue weighted by Crippen LogP contribution is 2.34. The lowest BCUT2D eigenvalue weighted by Crippen LogP contribution is -2.37. The number of anilines is 1. The molecule has 11 heteroatoms. The van der Waals surface area contributed by atoms with E-state index < -0.39 is 24.0 Å². The Morgan fingerprint density at radius 2 is 2.07 bits per heavy atom. The van der Waals surface area contributed by atoms with E-state index in [1.807, 2.05) is 0 Å². The van der Waals surface area contributed by atoms with Gasteiger partial charge in [-0.1, -0.05) is 6.07 Å². The zero-order valence-electron chi connectivity index (χ0n) is 14.6. The van der Waals surface area contributed by atoms with Gasteiger partial charge in [-0.25, -0.2) is 9.37 Å². The number of benzene rings is 1. The lowest BCUT2D eigenvalue weighted by molar-refractivity contribution is -0.275. The van der Waals surface area contributed by atoms with Crippen LogP contribution in [0.15, 0.2) is 30.6 Å². The van der Waals surface area contributed by atoms with Gasteiger partial charge in [-0.05, 0) is 24.6 Å². The number of aryl methyl sites for hydroxylation is 1. The monoisotopic (exact) mass is 397 g/mol. The van der Waals surface area contributed by atoms with E-state index in [-0.39, 0.29) is 5.92 Å². The first-order chi connectivity index (χ1) is 13.3. The zero-order chi connectivity index (χ0) is 19.9. The highest BCUT2D eigenvalue weighted by atomic mass is 19.4. The molecule has 4 rings (SSSR count). The number of rotatable bonds is 5. The SMILES string of the molecule is Cc1cc(N[C@@H](c2ccc(OC(F)(F)F)c(F)c2)C2COC2)n2ncnc2n1. The van der Waals surface area contributed by atoms with E-state index in [0.717, 1.165) is 12.1 Å². The van der Waals surface area contributed by atoms with Crippen molar-refractivity contribution in [2.45, 2.75) is 19.3 Å². The highest BCUT2D eigenvalue weighted by Gasteiger charge is 2.34. The number of alkyl halides is 3. The Hall–Kier alpha value is -2.95.